The Morgan fingerprint density at radius 3 is 1.90 bits per heavy atom. The zero-order chi connectivity index (χ0) is 42.3. The lowest BCUT2D eigenvalue weighted by atomic mass is 9.84. The third kappa shape index (κ3) is 7.66. The van der Waals surface area contributed by atoms with Crippen LogP contribution in [-0.2, 0) is 29.3 Å². The highest BCUT2D eigenvalue weighted by molar-refractivity contribution is 6.05. The van der Waals surface area contributed by atoms with Crippen LogP contribution in [0.15, 0.2) is 65.8 Å². The van der Waals surface area contributed by atoms with Crippen molar-refractivity contribution < 1.29 is 33.4 Å². The second-order valence-electron chi connectivity index (χ2n) is 17.0. The fraction of sp³-hybridized carbons (Fsp3) is 0.467. The van der Waals surface area contributed by atoms with Crippen molar-refractivity contribution in [3.8, 4) is 22.4 Å². The van der Waals surface area contributed by atoms with Crippen molar-refractivity contribution in [3.05, 3.63) is 72.2 Å². The van der Waals surface area contributed by atoms with Crippen molar-refractivity contribution in [2.45, 2.75) is 83.1 Å². The molecule has 0 radical (unpaired) electrons. The molecule has 8 rings (SSSR count). The van der Waals surface area contributed by atoms with Crippen molar-refractivity contribution in [2.24, 2.45) is 16.8 Å². The highest BCUT2D eigenvalue weighted by atomic mass is 16.5. The predicted octanol–water partition coefficient (Wildman–Crippen LogP) is 6.36. The van der Waals surface area contributed by atoms with E-state index in [1.54, 1.807) is 0 Å². The zero-order valence-electron chi connectivity index (χ0n) is 35.0. The molecule has 60 heavy (non-hydrogen) atoms. The zero-order valence-corrected chi connectivity index (χ0v) is 35.0. The number of rotatable bonds is 10. The SMILES string of the molecule is COC(=O)NC(C(=O)N1CCC[C@H]1c1ncc(-c2ccc3cc(-c4ccc5c(c4)NC([C@@H]4CCCN4C(=O)[C@@H](NC(=O)OC)C(C)C)=NC54COC4)ccc3c2)[nH]1)C(C)C. The van der Waals surface area contributed by atoms with E-state index in [9.17, 15) is 19.2 Å². The van der Waals surface area contributed by atoms with Gasteiger partial charge in [0.15, 0.2) is 0 Å². The lowest BCUT2D eigenvalue weighted by molar-refractivity contribution is -0.135. The van der Waals surface area contributed by atoms with Crippen molar-refractivity contribution in [1.82, 2.24) is 30.4 Å². The summed E-state index contributed by atoms with van der Waals surface area (Å²) in [5.74, 6) is 0.930. The Morgan fingerprint density at radius 1 is 0.767 bits per heavy atom. The Labute approximate surface area is 349 Å². The Bertz CT molecular complexity index is 2330. The fourth-order valence-electron chi connectivity index (χ4n) is 8.99. The topological polar surface area (TPSA) is 180 Å². The Hall–Kier alpha value is -5.96. The summed E-state index contributed by atoms with van der Waals surface area (Å²) in [6.45, 7) is 9.71. The van der Waals surface area contributed by atoms with E-state index in [1.165, 1.54) is 14.2 Å². The van der Waals surface area contributed by atoms with Gasteiger partial charge in [-0.25, -0.2) is 14.6 Å². The Morgan fingerprint density at radius 2 is 1.32 bits per heavy atom. The number of carbonyl (C=O) groups excluding carboxylic acids is 4. The van der Waals surface area contributed by atoms with Crippen LogP contribution in [-0.4, -0.2) is 108 Å². The average Bonchev–Trinajstić information content (AvgIpc) is 4.04. The van der Waals surface area contributed by atoms with Crippen LogP contribution in [0.1, 0.15) is 70.8 Å². The van der Waals surface area contributed by atoms with E-state index in [0.29, 0.717) is 26.3 Å². The number of ether oxygens (including phenoxy) is 3. The van der Waals surface area contributed by atoms with E-state index in [4.69, 9.17) is 24.2 Å². The van der Waals surface area contributed by atoms with Gasteiger partial charge in [0.1, 0.15) is 29.3 Å². The molecule has 4 aromatic rings. The molecule has 3 saturated heterocycles. The lowest BCUT2D eigenvalue weighted by Gasteiger charge is -2.44. The van der Waals surface area contributed by atoms with Crippen LogP contribution >= 0.6 is 0 Å². The molecule has 3 aromatic carbocycles. The molecule has 1 spiro atoms. The molecular weight excluding hydrogens is 765 g/mol. The second-order valence-corrected chi connectivity index (χ2v) is 17.0. The molecule has 1 unspecified atom stereocenters. The molecular formula is C45H54N8O7. The minimum atomic E-state index is -0.718. The van der Waals surface area contributed by atoms with E-state index in [1.807, 2.05) is 43.7 Å². The molecule has 15 heteroatoms. The molecule has 15 nitrogen and oxygen atoms in total. The third-order valence-electron chi connectivity index (χ3n) is 12.4. The van der Waals surface area contributed by atoms with Crippen LogP contribution in [0.5, 0.6) is 0 Å². The van der Waals surface area contributed by atoms with Gasteiger partial charge in [0.2, 0.25) is 11.8 Å². The predicted molar refractivity (Wildman–Crippen MR) is 227 cm³/mol. The number of likely N-dealkylation sites (tertiary alicyclic amines) is 2. The third-order valence-corrected chi connectivity index (χ3v) is 12.4. The summed E-state index contributed by atoms with van der Waals surface area (Å²) < 4.78 is 15.3. The number of aliphatic imine (C=N–C) groups is 1. The minimum absolute atomic E-state index is 0.113. The van der Waals surface area contributed by atoms with E-state index in [0.717, 1.165) is 81.8 Å². The Kier molecular flexibility index (Phi) is 11.3. The van der Waals surface area contributed by atoms with Crippen molar-refractivity contribution >= 4 is 46.3 Å². The van der Waals surface area contributed by atoms with Crippen LogP contribution in [0.2, 0.25) is 0 Å². The molecule has 3 fully saturated rings. The maximum atomic E-state index is 13.9. The normalized spacial score (nSPS) is 20.3. The van der Waals surface area contributed by atoms with Crippen LogP contribution in [0.4, 0.5) is 15.3 Å². The number of hydrogen-bond donors (Lipinski definition) is 4. The summed E-state index contributed by atoms with van der Waals surface area (Å²) in [5, 5.41) is 11.2. The first kappa shape index (κ1) is 40.8. The number of benzene rings is 3. The number of nitrogens with zero attached hydrogens (tertiary/aromatic N) is 4. The molecule has 4 aliphatic rings. The summed E-state index contributed by atoms with van der Waals surface area (Å²) in [4.78, 5) is 68.8. The van der Waals surface area contributed by atoms with Gasteiger partial charge in [0, 0.05) is 29.9 Å². The van der Waals surface area contributed by atoms with Gasteiger partial charge in [-0.3, -0.25) is 14.6 Å². The highest BCUT2D eigenvalue weighted by Gasteiger charge is 2.47. The summed E-state index contributed by atoms with van der Waals surface area (Å²) in [6, 6.07) is 17.3. The minimum Gasteiger partial charge on any atom is -0.453 e. The van der Waals surface area contributed by atoms with Crippen LogP contribution < -0.4 is 16.0 Å². The number of imidazole rings is 1. The number of hydrogen-bond acceptors (Lipinski definition) is 10. The molecule has 4 atom stereocenters. The molecule has 0 bridgehead atoms. The first-order valence-corrected chi connectivity index (χ1v) is 20.9. The van der Waals surface area contributed by atoms with Gasteiger partial charge in [-0.1, -0.05) is 64.1 Å². The summed E-state index contributed by atoms with van der Waals surface area (Å²) in [7, 11) is 2.59. The van der Waals surface area contributed by atoms with E-state index in [-0.39, 0.29) is 35.7 Å². The van der Waals surface area contributed by atoms with Gasteiger partial charge in [-0.2, -0.15) is 0 Å². The standard InChI is InChI=1S/C45H54N8O7/c1-25(2)37(49-43(56)58-5)41(54)52-17-7-9-35(52)39-46-22-34(48-39)31-14-13-27-19-28(11-12-29(27)20-31)30-15-16-32-33(21-30)47-40(51-45(32)23-60-24-45)36-10-8-18-53(36)42(55)38(26(3)4)50-44(57)59-6/h11-16,19-22,25-26,35-38H,7-10,17-18,23-24H2,1-6H3,(H,46,48)(H,47,51)(H,49,56)(H,50,57)/t35-,36-,37?,38-/m0/s1. The first-order chi connectivity index (χ1) is 28.9. The summed E-state index contributed by atoms with van der Waals surface area (Å²) in [6.07, 6.45) is 3.76. The monoisotopic (exact) mass is 818 g/mol. The van der Waals surface area contributed by atoms with Crippen molar-refractivity contribution in [1.29, 1.82) is 0 Å². The van der Waals surface area contributed by atoms with Crippen LogP contribution in [0.25, 0.3) is 33.2 Å². The van der Waals surface area contributed by atoms with Crippen molar-refractivity contribution in [3.63, 3.8) is 0 Å². The fourth-order valence-corrected chi connectivity index (χ4v) is 8.99. The number of fused-ring (bicyclic) bond motifs is 3. The number of methoxy groups -OCH3 is 2. The molecule has 1 aromatic heterocycles. The number of carbonyl (C=O) groups is 4. The maximum Gasteiger partial charge on any atom is 0.407 e. The van der Waals surface area contributed by atoms with E-state index < -0.39 is 29.8 Å². The first-order valence-electron chi connectivity index (χ1n) is 20.9. The molecule has 0 aliphatic carbocycles. The van der Waals surface area contributed by atoms with Gasteiger partial charge in [-0.05, 0) is 77.6 Å². The van der Waals surface area contributed by atoms with Gasteiger partial charge >= 0.3 is 12.2 Å². The molecule has 4 N–H and O–H groups in total. The number of nitrogens with one attached hydrogen (secondary N) is 4. The van der Waals surface area contributed by atoms with Gasteiger partial charge in [0.05, 0.1) is 51.4 Å². The highest BCUT2D eigenvalue weighted by Crippen LogP contribution is 2.44. The maximum absolute atomic E-state index is 13.9. The number of aromatic nitrogens is 2. The van der Waals surface area contributed by atoms with Gasteiger partial charge < -0.3 is 44.9 Å². The largest absolute Gasteiger partial charge is 0.453 e. The average molecular weight is 819 g/mol. The molecule has 0 saturated carbocycles. The number of anilines is 1. The molecule has 5 heterocycles. The quantitative estimate of drug-likeness (QED) is 0.142. The van der Waals surface area contributed by atoms with Gasteiger partial charge in [-0.15, -0.1) is 0 Å². The van der Waals surface area contributed by atoms with Crippen LogP contribution in [0, 0.1) is 11.8 Å². The number of amides is 4. The number of aromatic amines is 1. The lowest BCUT2D eigenvalue weighted by Crippen LogP contribution is -2.56. The van der Waals surface area contributed by atoms with E-state index >= 15 is 0 Å². The molecule has 316 valence electrons. The smallest absolute Gasteiger partial charge is 0.407 e. The summed E-state index contributed by atoms with van der Waals surface area (Å²) in [5.41, 5.74) is 5.43. The van der Waals surface area contributed by atoms with Crippen molar-refractivity contribution in [2.75, 3.05) is 45.8 Å². The molecule has 4 aliphatic heterocycles. The van der Waals surface area contributed by atoms with E-state index in [2.05, 4.69) is 75.5 Å². The second kappa shape index (κ2) is 16.6. The van der Waals surface area contributed by atoms with Gasteiger partial charge in [0.25, 0.3) is 0 Å². The Balaban J connectivity index is 1.01. The number of amidine groups is 1. The number of H-pyrrole nitrogens is 1. The summed E-state index contributed by atoms with van der Waals surface area (Å²) >= 11 is 0. The van der Waals surface area contributed by atoms with Crippen LogP contribution in [0.3, 0.4) is 0 Å². The number of alkyl carbamates (subject to hydrolysis) is 2. The molecule has 4 amide bonds.